The number of rotatable bonds is 5. The highest BCUT2D eigenvalue weighted by Crippen LogP contribution is 2.44. The van der Waals surface area contributed by atoms with Crippen molar-refractivity contribution in [2.45, 2.75) is 44.2 Å². The van der Waals surface area contributed by atoms with Gasteiger partial charge in [-0.25, -0.2) is 0 Å². The predicted molar refractivity (Wildman–Crippen MR) is 86.4 cm³/mol. The highest BCUT2D eigenvalue weighted by Gasteiger charge is 2.42. The quantitative estimate of drug-likeness (QED) is 0.905. The molecule has 0 radical (unpaired) electrons. The van der Waals surface area contributed by atoms with E-state index in [0.717, 1.165) is 19.4 Å². The first-order valence-corrected chi connectivity index (χ1v) is 7.94. The zero-order valence-corrected chi connectivity index (χ0v) is 12.9. The van der Waals surface area contributed by atoms with Gasteiger partial charge in [0.2, 0.25) is 0 Å². The van der Waals surface area contributed by atoms with Crippen molar-refractivity contribution < 1.29 is 4.74 Å². The zero-order chi connectivity index (χ0) is 14.7. The molecule has 1 heterocycles. The third-order valence-electron chi connectivity index (χ3n) is 4.72. The highest BCUT2D eigenvalue weighted by atomic mass is 16.5. The van der Waals surface area contributed by atoms with Crippen molar-refractivity contribution in [2.24, 2.45) is 0 Å². The van der Waals surface area contributed by atoms with E-state index >= 15 is 0 Å². The normalized spacial score (nSPS) is 19.0. The number of nitrogens with zero attached hydrogens (tertiary/aromatic N) is 1. The topological polar surface area (TPSA) is 34.1 Å². The standard InChI is InChI=1S/C18H24N2O/c1-3-21-18(10-4-5-11-18)17(19-2)15-8-6-7-14-9-12-20-13-16(14)15/h6-9,12-13,17,19H,3-5,10-11H2,1-2H3. The van der Waals surface area contributed by atoms with Gasteiger partial charge in [-0.05, 0) is 43.8 Å². The maximum atomic E-state index is 6.26. The Balaban J connectivity index is 2.09. The Morgan fingerprint density at radius 1 is 1.29 bits per heavy atom. The van der Waals surface area contributed by atoms with Gasteiger partial charge in [-0.1, -0.05) is 31.0 Å². The van der Waals surface area contributed by atoms with Crippen LogP contribution >= 0.6 is 0 Å². The number of nitrogens with one attached hydrogen (secondary N) is 1. The number of benzene rings is 1. The van der Waals surface area contributed by atoms with Crippen LogP contribution in [-0.2, 0) is 4.74 Å². The molecular weight excluding hydrogens is 260 g/mol. The molecule has 21 heavy (non-hydrogen) atoms. The highest BCUT2D eigenvalue weighted by molar-refractivity contribution is 5.85. The fourth-order valence-electron chi connectivity index (χ4n) is 3.87. The molecule has 1 atom stereocenters. The molecule has 1 N–H and O–H groups in total. The minimum absolute atomic E-state index is 0.0758. The molecule has 1 aromatic carbocycles. The summed E-state index contributed by atoms with van der Waals surface area (Å²) in [6, 6.07) is 8.79. The number of ether oxygens (including phenoxy) is 1. The largest absolute Gasteiger partial charge is 0.373 e. The minimum Gasteiger partial charge on any atom is -0.373 e. The fourth-order valence-corrected chi connectivity index (χ4v) is 3.87. The van der Waals surface area contributed by atoms with E-state index in [1.165, 1.54) is 29.2 Å². The summed E-state index contributed by atoms with van der Waals surface area (Å²) in [6.07, 6.45) is 8.59. The fraction of sp³-hybridized carbons (Fsp3) is 0.500. The summed E-state index contributed by atoms with van der Waals surface area (Å²) < 4.78 is 6.26. The van der Waals surface area contributed by atoms with Crippen LogP contribution in [0.15, 0.2) is 36.7 Å². The number of pyridine rings is 1. The van der Waals surface area contributed by atoms with Crippen LogP contribution < -0.4 is 5.32 Å². The van der Waals surface area contributed by atoms with Crippen molar-refractivity contribution in [3.05, 3.63) is 42.2 Å². The summed E-state index contributed by atoms with van der Waals surface area (Å²) in [5.74, 6) is 0. The summed E-state index contributed by atoms with van der Waals surface area (Å²) in [5, 5.41) is 6.00. The molecule has 1 unspecified atom stereocenters. The lowest BCUT2D eigenvalue weighted by atomic mass is 9.85. The molecule has 0 saturated heterocycles. The molecule has 1 aliphatic carbocycles. The predicted octanol–water partition coefficient (Wildman–Crippen LogP) is 3.84. The maximum Gasteiger partial charge on any atom is 0.0876 e. The Kier molecular flexibility index (Phi) is 4.22. The van der Waals surface area contributed by atoms with Gasteiger partial charge in [0.25, 0.3) is 0 Å². The molecule has 2 aromatic rings. The average Bonchev–Trinajstić information content (AvgIpc) is 2.98. The van der Waals surface area contributed by atoms with Gasteiger partial charge in [-0.3, -0.25) is 4.98 Å². The van der Waals surface area contributed by atoms with Gasteiger partial charge in [-0.2, -0.15) is 0 Å². The van der Waals surface area contributed by atoms with Crippen LogP contribution in [0.5, 0.6) is 0 Å². The van der Waals surface area contributed by atoms with Gasteiger partial charge in [0, 0.05) is 24.4 Å². The Hall–Kier alpha value is -1.45. The first-order chi connectivity index (χ1) is 10.3. The lowest BCUT2D eigenvalue weighted by molar-refractivity contribution is -0.0607. The molecule has 1 saturated carbocycles. The SMILES string of the molecule is CCOC1(C(NC)c2cccc3ccncc23)CCCC1. The molecule has 3 rings (SSSR count). The van der Waals surface area contributed by atoms with Crippen LogP contribution in [0.3, 0.4) is 0 Å². The summed E-state index contributed by atoms with van der Waals surface area (Å²) in [5.41, 5.74) is 1.23. The summed E-state index contributed by atoms with van der Waals surface area (Å²) in [6.45, 7) is 2.86. The number of hydrogen-bond donors (Lipinski definition) is 1. The number of hydrogen-bond acceptors (Lipinski definition) is 3. The van der Waals surface area contributed by atoms with Crippen LogP contribution in [0.1, 0.15) is 44.2 Å². The number of likely N-dealkylation sites (N-methyl/N-ethyl adjacent to an activating group) is 1. The van der Waals surface area contributed by atoms with Crippen molar-refractivity contribution in [3.8, 4) is 0 Å². The van der Waals surface area contributed by atoms with E-state index in [-0.39, 0.29) is 11.6 Å². The second kappa shape index (κ2) is 6.12. The van der Waals surface area contributed by atoms with Gasteiger partial charge in [0.05, 0.1) is 11.6 Å². The van der Waals surface area contributed by atoms with Crippen molar-refractivity contribution in [1.29, 1.82) is 0 Å². The Bertz CT molecular complexity index is 600. The van der Waals surface area contributed by atoms with E-state index in [4.69, 9.17) is 4.74 Å². The Labute approximate surface area is 126 Å². The van der Waals surface area contributed by atoms with E-state index in [9.17, 15) is 0 Å². The van der Waals surface area contributed by atoms with Crippen molar-refractivity contribution >= 4 is 10.8 Å². The molecule has 0 bridgehead atoms. The molecule has 0 spiro atoms. The van der Waals surface area contributed by atoms with E-state index in [1.807, 2.05) is 19.4 Å². The Morgan fingerprint density at radius 3 is 2.81 bits per heavy atom. The van der Waals surface area contributed by atoms with Crippen molar-refractivity contribution in [3.63, 3.8) is 0 Å². The van der Waals surface area contributed by atoms with Crippen LogP contribution in [0.25, 0.3) is 10.8 Å². The van der Waals surface area contributed by atoms with Gasteiger partial charge in [0.15, 0.2) is 0 Å². The number of fused-ring (bicyclic) bond motifs is 1. The molecule has 3 nitrogen and oxygen atoms in total. The monoisotopic (exact) mass is 284 g/mol. The smallest absolute Gasteiger partial charge is 0.0876 e. The van der Waals surface area contributed by atoms with Crippen LogP contribution in [0, 0.1) is 0 Å². The van der Waals surface area contributed by atoms with Gasteiger partial charge in [-0.15, -0.1) is 0 Å². The lowest BCUT2D eigenvalue weighted by Gasteiger charge is -2.38. The van der Waals surface area contributed by atoms with Crippen LogP contribution in [0.2, 0.25) is 0 Å². The lowest BCUT2D eigenvalue weighted by Crippen LogP contribution is -2.43. The molecule has 1 aliphatic rings. The third kappa shape index (κ3) is 2.56. The molecule has 1 aromatic heterocycles. The molecular formula is C18H24N2O. The van der Waals surface area contributed by atoms with Gasteiger partial charge in [0.1, 0.15) is 0 Å². The minimum atomic E-state index is -0.0758. The molecule has 0 amide bonds. The van der Waals surface area contributed by atoms with Crippen LogP contribution in [0.4, 0.5) is 0 Å². The van der Waals surface area contributed by atoms with E-state index < -0.39 is 0 Å². The second-order valence-electron chi connectivity index (χ2n) is 5.87. The summed E-state index contributed by atoms with van der Waals surface area (Å²) >= 11 is 0. The Morgan fingerprint density at radius 2 is 2.10 bits per heavy atom. The zero-order valence-electron chi connectivity index (χ0n) is 12.9. The van der Waals surface area contributed by atoms with E-state index in [1.54, 1.807) is 0 Å². The van der Waals surface area contributed by atoms with Crippen LogP contribution in [-0.4, -0.2) is 24.2 Å². The number of aromatic nitrogens is 1. The molecule has 112 valence electrons. The molecule has 3 heteroatoms. The van der Waals surface area contributed by atoms with Gasteiger partial charge >= 0.3 is 0 Å². The van der Waals surface area contributed by atoms with Gasteiger partial charge < -0.3 is 10.1 Å². The molecule has 1 fully saturated rings. The first-order valence-electron chi connectivity index (χ1n) is 7.94. The van der Waals surface area contributed by atoms with Crippen molar-refractivity contribution in [1.82, 2.24) is 10.3 Å². The summed E-state index contributed by atoms with van der Waals surface area (Å²) in [7, 11) is 2.04. The maximum absolute atomic E-state index is 6.26. The molecule has 0 aliphatic heterocycles. The van der Waals surface area contributed by atoms with E-state index in [0.29, 0.717) is 0 Å². The average molecular weight is 284 g/mol. The third-order valence-corrected chi connectivity index (χ3v) is 4.72. The van der Waals surface area contributed by atoms with Crippen molar-refractivity contribution in [2.75, 3.05) is 13.7 Å². The summed E-state index contributed by atoms with van der Waals surface area (Å²) in [4.78, 5) is 4.32. The first kappa shape index (κ1) is 14.5. The second-order valence-corrected chi connectivity index (χ2v) is 5.87. The van der Waals surface area contributed by atoms with E-state index in [2.05, 4.69) is 41.5 Å².